The summed E-state index contributed by atoms with van der Waals surface area (Å²) >= 11 is 2.07. The molecule has 3 rings (SSSR count). The quantitative estimate of drug-likeness (QED) is 0.850. The Labute approximate surface area is 128 Å². The normalized spacial score (nSPS) is 36.9. The van der Waals surface area contributed by atoms with Gasteiger partial charge in [0.1, 0.15) is 0 Å². The van der Waals surface area contributed by atoms with E-state index >= 15 is 0 Å². The Kier molecular flexibility index (Phi) is 4.96. The van der Waals surface area contributed by atoms with E-state index in [1.54, 1.807) is 0 Å². The topological polar surface area (TPSA) is 38.5 Å². The zero-order chi connectivity index (χ0) is 14.0. The first kappa shape index (κ1) is 15.1. The van der Waals surface area contributed by atoms with Gasteiger partial charge in [-0.3, -0.25) is 0 Å². The van der Waals surface area contributed by atoms with Gasteiger partial charge in [-0.1, -0.05) is 19.3 Å². The summed E-state index contributed by atoms with van der Waals surface area (Å²) in [4.78, 5) is 2.49. The van der Waals surface area contributed by atoms with Crippen molar-refractivity contribution in [3.63, 3.8) is 0 Å². The molecule has 1 saturated carbocycles. The van der Waals surface area contributed by atoms with Gasteiger partial charge in [-0.2, -0.15) is 11.8 Å². The monoisotopic (exact) mass is 298 g/mol. The Bertz CT molecular complexity index is 314. The van der Waals surface area contributed by atoms with Gasteiger partial charge in [0.15, 0.2) is 0 Å². The minimum atomic E-state index is 0.194. The van der Waals surface area contributed by atoms with Crippen molar-refractivity contribution in [3.8, 4) is 0 Å². The molecule has 0 radical (unpaired) electrons. The molecule has 0 aromatic heterocycles. The maximum absolute atomic E-state index is 6.69. The molecule has 0 aromatic rings. The maximum atomic E-state index is 6.69. The Morgan fingerprint density at radius 1 is 1.30 bits per heavy atom. The molecule has 2 saturated heterocycles. The second kappa shape index (κ2) is 6.55. The molecule has 3 fully saturated rings. The van der Waals surface area contributed by atoms with Crippen molar-refractivity contribution in [2.75, 3.05) is 31.7 Å². The summed E-state index contributed by atoms with van der Waals surface area (Å²) in [6.07, 6.45) is 9.00. The largest absolute Gasteiger partial charge is 0.375 e. The van der Waals surface area contributed by atoms with Gasteiger partial charge in [-0.25, -0.2) is 0 Å². The zero-order valence-corrected chi connectivity index (χ0v) is 13.7. The van der Waals surface area contributed by atoms with Crippen LogP contribution in [0.3, 0.4) is 0 Å². The number of nitrogens with two attached hydrogens (primary N) is 1. The van der Waals surface area contributed by atoms with E-state index in [0.717, 1.165) is 13.0 Å². The highest BCUT2D eigenvalue weighted by molar-refractivity contribution is 7.99. The van der Waals surface area contributed by atoms with Gasteiger partial charge in [0.2, 0.25) is 0 Å². The van der Waals surface area contributed by atoms with E-state index in [1.165, 1.54) is 56.6 Å². The van der Waals surface area contributed by atoms with Crippen molar-refractivity contribution in [1.82, 2.24) is 4.90 Å². The highest BCUT2D eigenvalue weighted by Crippen LogP contribution is 2.42. The van der Waals surface area contributed by atoms with Crippen LogP contribution in [0.25, 0.3) is 0 Å². The van der Waals surface area contributed by atoms with Gasteiger partial charge in [-0.15, -0.1) is 0 Å². The Morgan fingerprint density at radius 2 is 2.10 bits per heavy atom. The fourth-order valence-electron chi connectivity index (χ4n) is 4.36. The van der Waals surface area contributed by atoms with Crippen LogP contribution < -0.4 is 5.73 Å². The van der Waals surface area contributed by atoms with Crippen molar-refractivity contribution >= 4 is 11.8 Å². The van der Waals surface area contributed by atoms with Gasteiger partial charge in [0, 0.05) is 36.7 Å². The fourth-order valence-corrected chi connectivity index (χ4v) is 5.67. The molecule has 116 valence electrons. The molecule has 2 N–H and O–H groups in total. The Morgan fingerprint density at radius 3 is 2.85 bits per heavy atom. The van der Waals surface area contributed by atoms with Crippen molar-refractivity contribution in [3.05, 3.63) is 0 Å². The number of ether oxygens (including phenoxy) is 1. The molecule has 1 spiro atoms. The van der Waals surface area contributed by atoms with Gasteiger partial charge in [-0.05, 0) is 38.6 Å². The standard InChI is InChI=1S/C16H30N2OS/c1-18-8-10-20-12-14(18)15(17)13-5-9-19-16(11-13)6-3-2-4-7-16/h13-15H,2-12,17H2,1H3. The average molecular weight is 298 g/mol. The Hall–Kier alpha value is 0.230. The second-order valence-electron chi connectivity index (χ2n) is 7.05. The number of hydrogen-bond donors (Lipinski definition) is 1. The van der Waals surface area contributed by atoms with Crippen LogP contribution in [0.4, 0.5) is 0 Å². The van der Waals surface area contributed by atoms with Crippen LogP contribution in [-0.4, -0.2) is 54.3 Å². The van der Waals surface area contributed by atoms with Crippen molar-refractivity contribution in [1.29, 1.82) is 0 Å². The predicted octanol–water partition coefficient (Wildman–Crippen LogP) is 2.49. The highest BCUT2D eigenvalue weighted by atomic mass is 32.2. The van der Waals surface area contributed by atoms with Crippen LogP contribution in [0.5, 0.6) is 0 Å². The molecule has 20 heavy (non-hydrogen) atoms. The summed E-state index contributed by atoms with van der Waals surface area (Å²) in [5.41, 5.74) is 6.89. The van der Waals surface area contributed by atoms with Crippen LogP contribution in [-0.2, 0) is 4.74 Å². The summed E-state index contributed by atoms with van der Waals surface area (Å²) in [6, 6.07) is 0.896. The van der Waals surface area contributed by atoms with Crippen molar-refractivity contribution in [2.24, 2.45) is 11.7 Å². The van der Waals surface area contributed by atoms with E-state index in [0.29, 0.717) is 18.0 Å². The van der Waals surface area contributed by atoms with E-state index in [2.05, 4.69) is 23.7 Å². The molecule has 3 nitrogen and oxygen atoms in total. The van der Waals surface area contributed by atoms with E-state index in [9.17, 15) is 0 Å². The van der Waals surface area contributed by atoms with Gasteiger partial charge in [0.25, 0.3) is 0 Å². The molecule has 2 heterocycles. The molecule has 3 aliphatic rings. The molecule has 0 bridgehead atoms. The van der Waals surface area contributed by atoms with Gasteiger partial charge in [0.05, 0.1) is 5.60 Å². The second-order valence-corrected chi connectivity index (χ2v) is 8.20. The highest BCUT2D eigenvalue weighted by Gasteiger charge is 2.42. The zero-order valence-electron chi connectivity index (χ0n) is 12.9. The molecule has 3 atom stereocenters. The number of rotatable bonds is 2. The molecule has 1 aliphatic carbocycles. The molecular formula is C16H30N2OS. The Balaban J connectivity index is 1.63. The van der Waals surface area contributed by atoms with Crippen LogP contribution in [0.1, 0.15) is 44.9 Å². The van der Waals surface area contributed by atoms with Crippen LogP contribution in [0.2, 0.25) is 0 Å². The molecule has 2 aliphatic heterocycles. The summed E-state index contributed by atoms with van der Waals surface area (Å²) < 4.78 is 6.23. The smallest absolute Gasteiger partial charge is 0.0685 e. The minimum Gasteiger partial charge on any atom is -0.375 e. The molecular weight excluding hydrogens is 268 g/mol. The third-order valence-electron chi connectivity index (χ3n) is 5.73. The van der Waals surface area contributed by atoms with Crippen molar-refractivity contribution in [2.45, 2.75) is 62.6 Å². The lowest BCUT2D eigenvalue weighted by molar-refractivity contribution is -0.122. The van der Waals surface area contributed by atoms with Gasteiger partial charge >= 0.3 is 0 Å². The third kappa shape index (κ3) is 3.18. The van der Waals surface area contributed by atoms with Crippen LogP contribution >= 0.6 is 11.8 Å². The summed E-state index contributed by atoms with van der Waals surface area (Å²) in [7, 11) is 2.25. The first-order chi connectivity index (χ1) is 9.70. The minimum absolute atomic E-state index is 0.194. The van der Waals surface area contributed by atoms with E-state index < -0.39 is 0 Å². The first-order valence-corrected chi connectivity index (χ1v) is 9.53. The predicted molar refractivity (Wildman–Crippen MR) is 86.2 cm³/mol. The fraction of sp³-hybridized carbons (Fsp3) is 1.00. The SMILES string of the molecule is CN1CCSCC1C(N)C1CCOC2(CCCCC2)C1. The van der Waals surface area contributed by atoms with Gasteiger partial charge < -0.3 is 15.4 Å². The number of nitrogens with zero attached hydrogens (tertiary/aromatic N) is 1. The van der Waals surface area contributed by atoms with Crippen molar-refractivity contribution < 1.29 is 4.74 Å². The average Bonchev–Trinajstić information content (AvgIpc) is 2.48. The number of thioether (sulfide) groups is 1. The lowest BCUT2D eigenvalue weighted by Crippen LogP contribution is -2.56. The van der Waals surface area contributed by atoms with E-state index in [-0.39, 0.29) is 5.60 Å². The van der Waals surface area contributed by atoms with Crippen LogP contribution in [0, 0.1) is 5.92 Å². The number of likely N-dealkylation sites (N-methyl/N-ethyl adjacent to an activating group) is 1. The summed E-state index contributed by atoms with van der Waals surface area (Å²) in [5, 5.41) is 0. The molecule has 0 amide bonds. The summed E-state index contributed by atoms with van der Waals surface area (Å²) in [6.45, 7) is 2.12. The third-order valence-corrected chi connectivity index (χ3v) is 6.78. The van der Waals surface area contributed by atoms with Crippen LogP contribution in [0.15, 0.2) is 0 Å². The first-order valence-electron chi connectivity index (χ1n) is 8.38. The molecule has 3 unspecified atom stereocenters. The van der Waals surface area contributed by atoms with E-state index in [1.807, 2.05) is 0 Å². The maximum Gasteiger partial charge on any atom is 0.0685 e. The summed E-state index contributed by atoms with van der Waals surface area (Å²) in [5.74, 6) is 3.13. The number of hydrogen-bond acceptors (Lipinski definition) is 4. The molecule has 0 aromatic carbocycles. The van der Waals surface area contributed by atoms with E-state index in [4.69, 9.17) is 10.5 Å². The lowest BCUT2D eigenvalue weighted by Gasteiger charge is -2.47. The molecule has 4 heteroatoms. The lowest BCUT2D eigenvalue weighted by atomic mass is 9.73.